The summed E-state index contributed by atoms with van der Waals surface area (Å²) in [5.41, 5.74) is 0. The number of aliphatic hydroxyl groups is 1. The first-order valence-electron chi connectivity index (χ1n) is 4.76. The summed E-state index contributed by atoms with van der Waals surface area (Å²) in [7, 11) is -3.25. The van der Waals surface area contributed by atoms with Gasteiger partial charge in [-0.3, -0.25) is 0 Å². The Morgan fingerprint density at radius 1 is 1.43 bits per heavy atom. The zero-order valence-corrected chi connectivity index (χ0v) is 9.52. The van der Waals surface area contributed by atoms with Crippen molar-refractivity contribution >= 4 is 21.6 Å². The molecule has 1 saturated carbocycles. The van der Waals surface area contributed by atoms with Crippen LogP contribution in [0.4, 0.5) is 0 Å². The number of aliphatic hydroxyl groups excluding tert-OH is 1. The maximum Gasteiger partial charge on any atom is 0.213 e. The van der Waals surface area contributed by atoms with E-state index in [1.807, 2.05) is 0 Å². The Kier molecular flexibility index (Phi) is 4.63. The molecular weight excluding hydrogens is 226 g/mol. The van der Waals surface area contributed by atoms with Crippen LogP contribution in [0.15, 0.2) is 0 Å². The quantitative estimate of drug-likeness (QED) is 0.681. The molecule has 1 fully saturated rings. The van der Waals surface area contributed by atoms with Crippen molar-refractivity contribution in [2.75, 3.05) is 18.2 Å². The lowest BCUT2D eigenvalue weighted by molar-refractivity contribution is 0.213. The maximum absolute atomic E-state index is 11.4. The van der Waals surface area contributed by atoms with E-state index >= 15 is 0 Å². The van der Waals surface area contributed by atoms with Crippen LogP contribution in [-0.4, -0.2) is 37.8 Å². The average Bonchev–Trinajstić information content (AvgIpc) is 2.50. The lowest BCUT2D eigenvalue weighted by Gasteiger charge is -2.18. The molecule has 0 amide bonds. The Hall–Kier alpha value is 0.160. The van der Waals surface area contributed by atoms with Crippen LogP contribution >= 0.6 is 11.6 Å². The van der Waals surface area contributed by atoms with E-state index in [-0.39, 0.29) is 30.2 Å². The smallest absolute Gasteiger partial charge is 0.213 e. The number of sulfonamides is 1. The highest BCUT2D eigenvalue weighted by molar-refractivity contribution is 7.89. The summed E-state index contributed by atoms with van der Waals surface area (Å²) in [4.78, 5) is 0. The second-order valence-electron chi connectivity index (χ2n) is 3.61. The Morgan fingerprint density at radius 2 is 2.14 bits per heavy atom. The summed E-state index contributed by atoms with van der Waals surface area (Å²) in [5.74, 6) is 0.120. The van der Waals surface area contributed by atoms with E-state index in [1.54, 1.807) is 0 Å². The topological polar surface area (TPSA) is 66.4 Å². The van der Waals surface area contributed by atoms with E-state index < -0.39 is 10.0 Å². The monoisotopic (exact) mass is 241 g/mol. The van der Waals surface area contributed by atoms with Gasteiger partial charge in [-0.15, -0.1) is 11.6 Å². The molecule has 0 bridgehead atoms. The van der Waals surface area contributed by atoms with Gasteiger partial charge in [0.25, 0.3) is 0 Å². The number of hydrogen-bond donors (Lipinski definition) is 2. The Morgan fingerprint density at radius 3 is 2.71 bits per heavy atom. The van der Waals surface area contributed by atoms with E-state index in [2.05, 4.69) is 4.72 Å². The molecule has 84 valence electrons. The van der Waals surface area contributed by atoms with Gasteiger partial charge in [-0.2, -0.15) is 0 Å². The van der Waals surface area contributed by atoms with Gasteiger partial charge in [-0.1, -0.05) is 6.42 Å². The molecule has 0 spiro atoms. The third-order valence-electron chi connectivity index (χ3n) is 2.57. The number of halogens is 1. The van der Waals surface area contributed by atoms with Gasteiger partial charge >= 0.3 is 0 Å². The first kappa shape index (κ1) is 12.2. The van der Waals surface area contributed by atoms with Crippen molar-refractivity contribution in [2.24, 2.45) is 5.92 Å². The van der Waals surface area contributed by atoms with E-state index in [9.17, 15) is 8.42 Å². The van der Waals surface area contributed by atoms with Gasteiger partial charge < -0.3 is 5.11 Å². The summed E-state index contributed by atoms with van der Waals surface area (Å²) in [6.07, 6.45) is 2.68. The SMILES string of the molecule is O=S(=O)(CCCl)NC1CCCC1CO. The number of rotatable bonds is 5. The van der Waals surface area contributed by atoms with Crippen LogP contribution in [0.2, 0.25) is 0 Å². The molecule has 0 aliphatic heterocycles. The fourth-order valence-electron chi connectivity index (χ4n) is 1.80. The first-order valence-corrected chi connectivity index (χ1v) is 6.94. The molecule has 2 atom stereocenters. The number of nitrogens with one attached hydrogen (secondary N) is 1. The van der Waals surface area contributed by atoms with Crippen molar-refractivity contribution in [3.63, 3.8) is 0 Å². The van der Waals surface area contributed by atoms with Crippen LogP contribution < -0.4 is 4.72 Å². The molecule has 2 unspecified atom stereocenters. The molecule has 0 radical (unpaired) electrons. The van der Waals surface area contributed by atoms with E-state index in [0.717, 1.165) is 19.3 Å². The summed E-state index contributed by atoms with van der Waals surface area (Å²) in [5, 5.41) is 9.00. The van der Waals surface area contributed by atoms with Crippen molar-refractivity contribution in [2.45, 2.75) is 25.3 Å². The predicted molar refractivity (Wildman–Crippen MR) is 55.9 cm³/mol. The van der Waals surface area contributed by atoms with Gasteiger partial charge in [0.05, 0.1) is 5.75 Å². The highest BCUT2D eigenvalue weighted by Gasteiger charge is 2.29. The van der Waals surface area contributed by atoms with Gasteiger partial charge in [0, 0.05) is 18.5 Å². The molecule has 0 aromatic carbocycles. The van der Waals surface area contributed by atoms with Gasteiger partial charge in [0.2, 0.25) is 10.0 Å². The van der Waals surface area contributed by atoms with Crippen molar-refractivity contribution < 1.29 is 13.5 Å². The highest BCUT2D eigenvalue weighted by atomic mass is 35.5. The third-order valence-corrected chi connectivity index (χ3v) is 4.39. The lowest BCUT2D eigenvalue weighted by Crippen LogP contribution is -2.40. The second-order valence-corrected chi connectivity index (χ2v) is 5.86. The minimum absolute atomic E-state index is 0.0497. The predicted octanol–water partition coefficient (Wildman–Crippen LogP) is 0.306. The molecule has 0 heterocycles. The molecular formula is C8H16ClNO3S. The summed E-state index contributed by atoms with van der Waals surface area (Å²) in [6.45, 7) is 0.0497. The largest absolute Gasteiger partial charge is 0.396 e. The van der Waals surface area contributed by atoms with E-state index in [1.165, 1.54) is 0 Å². The Balaban J connectivity index is 2.51. The average molecular weight is 242 g/mol. The van der Waals surface area contributed by atoms with Crippen LogP contribution in [0.3, 0.4) is 0 Å². The minimum atomic E-state index is -3.25. The van der Waals surface area contributed by atoms with Crippen molar-refractivity contribution in [1.82, 2.24) is 4.72 Å². The number of hydrogen-bond acceptors (Lipinski definition) is 3. The molecule has 0 aromatic rings. The summed E-state index contributed by atoms with van der Waals surface area (Å²) >= 11 is 5.37. The Bertz CT molecular complexity index is 268. The first-order chi connectivity index (χ1) is 6.59. The molecule has 1 aliphatic carbocycles. The summed E-state index contributed by atoms with van der Waals surface area (Å²) < 4.78 is 25.3. The zero-order chi connectivity index (χ0) is 10.6. The molecule has 0 saturated heterocycles. The second kappa shape index (κ2) is 5.30. The standard InChI is InChI=1S/C8H16ClNO3S/c9-4-5-14(12,13)10-8-3-1-2-7(8)6-11/h7-8,10-11H,1-6H2. The molecule has 4 nitrogen and oxygen atoms in total. The molecule has 1 aliphatic rings. The lowest BCUT2D eigenvalue weighted by atomic mass is 10.1. The Labute approximate surface area is 89.7 Å². The third kappa shape index (κ3) is 3.38. The minimum Gasteiger partial charge on any atom is -0.396 e. The van der Waals surface area contributed by atoms with Crippen LogP contribution in [-0.2, 0) is 10.0 Å². The highest BCUT2D eigenvalue weighted by Crippen LogP contribution is 2.25. The van der Waals surface area contributed by atoms with Crippen molar-refractivity contribution in [1.29, 1.82) is 0 Å². The van der Waals surface area contributed by atoms with E-state index in [4.69, 9.17) is 16.7 Å². The fourth-order valence-corrected chi connectivity index (χ4v) is 3.50. The normalized spacial score (nSPS) is 28.1. The molecule has 14 heavy (non-hydrogen) atoms. The fraction of sp³-hybridized carbons (Fsp3) is 1.00. The van der Waals surface area contributed by atoms with Crippen molar-refractivity contribution in [3.05, 3.63) is 0 Å². The van der Waals surface area contributed by atoms with Gasteiger partial charge in [-0.25, -0.2) is 13.1 Å². The molecule has 6 heteroatoms. The zero-order valence-electron chi connectivity index (χ0n) is 7.95. The molecule has 1 rings (SSSR count). The van der Waals surface area contributed by atoms with Crippen LogP contribution in [0.1, 0.15) is 19.3 Å². The van der Waals surface area contributed by atoms with Crippen LogP contribution in [0, 0.1) is 5.92 Å². The van der Waals surface area contributed by atoms with Crippen molar-refractivity contribution in [3.8, 4) is 0 Å². The van der Waals surface area contributed by atoms with Gasteiger partial charge in [0.15, 0.2) is 0 Å². The van der Waals surface area contributed by atoms with Crippen LogP contribution in [0.5, 0.6) is 0 Å². The summed E-state index contributed by atoms with van der Waals surface area (Å²) in [6, 6.07) is -0.104. The van der Waals surface area contributed by atoms with Gasteiger partial charge in [0.1, 0.15) is 0 Å². The molecule has 0 aromatic heterocycles. The van der Waals surface area contributed by atoms with Gasteiger partial charge in [-0.05, 0) is 18.8 Å². The van der Waals surface area contributed by atoms with Crippen LogP contribution in [0.25, 0.3) is 0 Å². The van der Waals surface area contributed by atoms with E-state index in [0.29, 0.717) is 0 Å². The maximum atomic E-state index is 11.4. The number of alkyl halides is 1. The molecule has 2 N–H and O–H groups in total.